The van der Waals surface area contributed by atoms with Crippen LogP contribution in [0.5, 0.6) is 0 Å². The third kappa shape index (κ3) is 8.69. The zero-order chi connectivity index (χ0) is 14.0. The molecule has 18 heavy (non-hydrogen) atoms. The number of esters is 2. The molecule has 0 aromatic carbocycles. The topological polar surface area (TPSA) is 107 Å². The van der Waals surface area contributed by atoms with E-state index in [1.807, 2.05) is 0 Å². The van der Waals surface area contributed by atoms with E-state index >= 15 is 0 Å². The maximum absolute atomic E-state index is 11.2. The highest BCUT2D eigenvalue weighted by Gasteiger charge is 2.21. The van der Waals surface area contributed by atoms with Gasteiger partial charge >= 0.3 is 17.9 Å². The van der Waals surface area contributed by atoms with Crippen molar-refractivity contribution in [1.82, 2.24) is 0 Å². The Balaban J connectivity index is 3.73. The van der Waals surface area contributed by atoms with E-state index in [1.54, 1.807) is 0 Å². The van der Waals surface area contributed by atoms with Gasteiger partial charge in [-0.1, -0.05) is 32.6 Å². The molecule has 0 saturated carbocycles. The summed E-state index contributed by atoms with van der Waals surface area (Å²) in [5.74, 6) is -2.82. The van der Waals surface area contributed by atoms with Crippen LogP contribution in [0.3, 0.4) is 0 Å². The summed E-state index contributed by atoms with van der Waals surface area (Å²) in [6, 6.07) is -1.29. The molecule has 0 aliphatic rings. The fraction of sp³-hybridized carbons (Fsp3) is 0.750. The van der Waals surface area contributed by atoms with Crippen molar-refractivity contribution >= 4 is 17.9 Å². The van der Waals surface area contributed by atoms with Gasteiger partial charge < -0.3 is 15.6 Å². The number of aliphatic carboxylic acids is 1. The molecular weight excluding hydrogens is 238 g/mol. The predicted molar refractivity (Wildman–Crippen MR) is 64.7 cm³/mol. The number of carbonyl (C=O) groups is 3. The quantitative estimate of drug-likeness (QED) is 0.366. The Labute approximate surface area is 106 Å². The van der Waals surface area contributed by atoms with Crippen LogP contribution in [-0.2, 0) is 19.1 Å². The van der Waals surface area contributed by atoms with E-state index in [0.717, 1.165) is 25.7 Å². The van der Waals surface area contributed by atoms with Gasteiger partial charge in [-0.25, -0.2) is 4.79 Å². The zero-order valence-corrected chi connectivity index (χ0v) is 10.7. The minimum absolute atomic E-state index is 0.162. The Hall–Kier alpha value is -1.43. The lowest BCUT2D eigenvalue weighted by Gasteiger charge is -2.07. The van der Waals surface area contributed by atoms with E-state index in [4.69, 9.17) is 10.8 Å². The molecule has 0 bridgehead atoms. The van der Waals surface area contributed by atoms with Crippen LogP contribution in [0.2, 0.25) is 0 Å². The van der Waals surface area contributed by atoms with Crippen molar-refractivity contribution in [3.63, 3.8) is 0 Å². The molecule has 0 heterocycles. The highest BCUT2D eigenvalue weighted by atomic mass is 16.6. The number of hydrogen-bond donors (Lipinski definition) is 2. The normalized spacial score (nSPS) is 11.9. The monoisotopic (exact) mass is 259 g/mol. The van der Waals surface area contributed by atoms with Crippen LogP contribution in [0, 0.1) is 0 Å². The molecule has 0 rings (SSSR count). The number of ether oxygens (including phenoxy) is 1. The predicted octanol–water partition coefficient (Wildman–Crippen LogP) is 1.22. The van der Waals surface area contributed by atoms with Crippen LogP contribution < -0.4 is 5.73 Å². The Morgan fingerprint density at radius 1 is 1.17 bits per heavy atom. The molecule has 0 amide bonds. The average molecular weight is 259 g/mol. The number of unbranched alkanes of at least 4 members (excludes halogenated alkanes) is 4. The summed E-state index contributed by atoms with van der Waals surface area (Å²) in [5.41, 5.74) is 5.25. The first kappa shape index (κ1) is 16.6. The minimum atomic E-state index is -1.29. The van der Waals surface area contributed by atoms with Gasteiger partial charge in [-0.2, -0.15) is 0 Å². The highest BCUT2D eigenvalue weighted by molar-refractivity contribution is 5.90. The molecule has 0 aromatic rings. The SMILES string of the molecule is CCCCCCCC(=O)OC(=O)C(N)CC(=O)O. The molecule has 104 valence electrons. The first-order valence-electron chi connectivity index (χ1n) is 6.19. The highest BCUT2D eigenvalue weighted by Crippen LogP contribution is 2.06. The van der Waals surface area contributed by atoms with Crippen molar-refractivity contribution in [3.05, 3.63) is 0 Å². The third-order valence-corrected chi connectivity index (χ3v) is 2.40. The summed E-state index contributed by atoms with van der Waals surface area (Å²) in [4.78, 5) is 32.7. The summed E-state index contributed by atoms with van der Waals surface area (Å²) in [6.45, 7) is 2.09. The number of rotatable bonds is 9. The number of carboxylic acid groups (broad SMARTS) is 1. The molecule has 0 saturated heterocycles. The van der Waals surface area contributed by atoms with Crippen molar-refractivity contribution in [2.24, 2.45) is 5.73 Å². The Morgan fingerprint density at radius 2 is 1.78 bits per heavy atom. The second kappa shape index (κ2) is 9.58. The van der Waals surface area contributed by atoms with Gasteiger partial charge in [0.05, 0.1) is 6.42 Å². The molecule has 3 N–H and O–H groups in total. The van der Waals surface area contributed by atoms with E-state index in [0.29, 0.717) is 6.42 Å². The summed E-state index contributed by atoms with van der Waals surface area (Å²) >= 11 is 0. The Morgan fingerprint density at radius 3 is 2.33 bits per heavy atom. The molecular formula is C12H21NO5. The van der Waals surface area contributed by atoms with E-state index < -0.39 is 30.4 Å². The summed E-state index contributed by atoms with van der Waals surface area (Å²) < 4.78 is 4.45. The van der Waals surface area contributed by atoms with Crippen LogP contribution in [-0.4, -0.2) is 29.1 Å². The van der Waals surface area contributed by atoms with Crippen LogP contribution in [0.25, 0.3) is 0 Å². The van der Waals surface area contributed by atoms with Crippen molar-refractivity contribution in [3.8, 4) is 0 Å². The van der Waals surface area contributed by atoms with Crippen molar-refractivity contribution in [2.75, 3.05) is 0 Å². The van der Waals surface area contributed by atoms with Gasteiger partial charge in [-0.05, 0) is 6.42 Å². The molecule has 6 heteroatoms. The lowest BCUT2D eigenvalue weighted by atomic mass is 10.1. The summed E-state index contributed by atoms with van der Waals surface area (Å²) in [7, 11) is 0. The standard InChI is InChI=1S/C12H21NO5/c1-2-3-4-5-6-7-11(16)18-12(17)9(13)8-10(14)15/h9H,2-8,13H2,1H3,(H,14,15). The van der Waals surface area contributed by atoms with Crippen LogP contribution >= 0.6 is 0 Å². The van der Waals surface area contributed by atoms with Crippen molar-refractivity contribution in [2.45, 2.75) is 57.9 Å². The summed E-state index contributed by atoms with van der Waals surface area (Å²) in [6.07, 6.45) is 4.50. The fourth-order valence-corrected chi connectivity index (χ4v) is 1.38. The first-order valence-corrected chi connectivity index (χ1v) is 6.19. The molecule has 6 nitrogen and oxygen atoms in total. The summed E-state index contributed by atoms with van der Waals surface area (Å²) in [5, 5.41) is 8.42. The van der Waals surface area contributed by atoms with Gasteiger partial charge in [0.2, 0.25) is 0 Å². The maximum Gasteiger partial charge on any atom is 0.331 e. The van der Waals surface area contributed by atoms with E-state index in [-0.39, 0.29) is 6.42 Å². The molecule has 0 fully saturated rings. The molecule has 0 aromatic heterocycles. The van der Waals surface area contributed by atoms with Gasteiger partial charge in [-0.15, -0.1) is 0 Å². The van der Waals surface area contributed by atoms with Crippen LogP contribution in [0.1, 0.15) is 51.9 Å². The second-order valence-electron chi connectivity index (χ2n) is 4.16. The fourth-order valence-electron chi connectivity index (χ4n) is 1.38. The lowest BCUT2D eigenvalue weighted by Crippen LogP contribution is -2.35. The number of hydrogen-bond acceptors (Lipinski definition) is 5. The minimum Gasteiger partial charge on any atom is -0.481 e. The van der Waals surface area contributed by atoms with Gasteiger partial charge in [0.25, 0.3) is 0 Å². The van der Waals surface area contributed by atoms with E-state index in [2.05, 4.69) is 11.7 Å². The van der Waals surface area contributed by atoms with Crippen LogP contribution in [0.4, 0.5) is 0 Å². The molecule has 0 radical (unpaired) electrons. The Kier molecular flexibility index (Phi) is 8.82. The first-order chi connectivity index (χ1) is 8.47. The molecule has 0 aliphatic heterocycles. The largest absolute Gasteiger partial charge is 0.481 e. The van der Waals surface area contributed by atoms with Gasteiger partial charge in [0.15, 0.2) is 0 Å². The average Bonchev–Trinajstić information content (AvgIpc) is 2.27. The smallest absolute Gasteiger partial charge is 0.331 e. The number of carboxylic acids is 1. The van der Waals surface area contributed by atoms with Crippen molar-refractivity contribution < 1.29 is 24.2 Å². The Bertz CT molecular complexity index is 290. The lowest BCUT2D eigenvalue weighted by molar-refractivity contribution is -0.162. The molecule has 0 aliphatic carbocycles. The third-order valence-electron chi connectivity index (χ3n) is 2.40. The van der Waals surface area contributed by atoms with Gasteiger partial charge in [-0.3, -0.25) is 9.59 Å². The second-order valence-corrected chi connectivity index (χ2v) is 4.16. The van der Waals surface area contributed by atoms with Crippen molar-refractivity contribution in [1.29, 1.82) is 0 Å². The molecule has 0 spiro atoms. The number of carbonyl (C=O) groups excluding carboxylic acids is 2. The van der Waals surface area contributed by atoms with Gasteiger partial charge in [0.1, 0.15) is 6.04 Å². The van der Waals surface area contributed by atoms with E-state index in [1.165, 1.54) is 0 Å². The van der Waals surface area contributed by atoms with E-state index in [9.17, 15) is 14.4 Å². The number of nitrogens with two attached hydrogens (primary N) is 1. The van der Waals surface area contributed by atoms with Crippen LogP contribution in [0.15, 0.2) is 0 Å². The molecule has 1 unspecified atom stereocenters. The zero-order valence-electron chi connectivity index (χ0n) is 10.7. The maximum atomic E-state index is 11.2. The molecule has 1 atom stereocenters. The van der Waals surface area contributed by atoms with Gasteiger partial charge in [0, 0.05) is 6.42 Å².